The number of carboxylic acids is 1. The highest BCUT2D eigenvalue weighted by molar-refractivity contribution is 6.03. The SMILES string of the molecule is Cn1nccc1-c1cc(C(=O)O)c2cc(F)ccc2n1. The molecule has 0 radical (unpaired) electrons. The average Bonchev–Trinajstić information content (AvgIpc) is 2.83. The first kappa shape index (κ1) is 12.3. The zero-order valence-corrected chi connectivity index (χ0v) is 10.5. The second-order valence-electron chi connectivity index (χ2n) is 4.36. The highest BCUT2D eigenvalue weighted by atomic mass is 19.1. The fourth-order valence-corrected chi connectivity index (χ4v) is 2.13. The molecule has 0 saturated heterocycles. The maximum atomic E-state index is 13.3. The van der Waals surface area contributed by atoms with E-state index in [1.165, 1.54) is 24.3 Å². The van der Waals surface area contributed by atoms with Gasteiger partial charge in [0, 0.05) is 18.6 Å². The fraction of sp³-hybridized carbons (Fsp3) is 0.0714. The van der Waals surface area contributed by atoms with E-state index in [4.69, 9.17) is 0 Å². The summed E-state index contributed by atoms with van der Waals surface area (Å²) in [5.74, 6) is -1.61. The van der Waals surface area contributed by atoms with Gasteiger partial charge >= 0.3 is 5.97 Å². The average molecular weight is 271 g/mol. The summed E-state index contributed by atoms with van der Waals surface area (Å²) in [6, 6.07) is 7.08. The van der Waals surface area contributed by atoms with E-state index in [0.717, 1.165) is 0 Å². The van der Waals surface area contributed by atoms with Gasteiger partial charge in [-0.05, 0) is 30.3 Å². The van der Waals surface area contributed by atoms with E-state index in [1.54, 1.807) is 24.0 Å². The number of carbonyl (C=O) groups is 1. The first-order valence-electron chi connectivity index (χ1n) is 5.88. The van der Waals surface area contributed by atoms with E-state index in [1.807, 2.05) is 0 Å². The van der Waals surface area contributed by atoms with Crippen molar-refractivity contribution in [3.8, 4) is 11.4 Å². The number of halogens is 1. The van der Waals surface area contributed by atoms with Crippen LogP contribution in [0.15, 0.2) is 36.5 Å². The van der Waals surface area contributed by atoms with Gasteiger partial charge in [0.25, 0.3) is 0 Å². The van der Waals surface area contributed by atoms with Crippen molar-refractivity contribution in [2.75, 3.05) is 0 Å². The molecule has 1 N–H and O–H groups in total. The van der Waals surface area contributed by atoms with Crippen molar-refractivity contribution in [1.82, 2.24) is 14.8 Å². The van der Waals surface area contributed by atoms with E-state index < -0.39 is 11.8 Å². The van der Waals surface area contributed by atoms with Gasteiger partial charge in [-0.15, -0.1) is 0 Å². The molecule has 3 aromatic rings. The molecular formula is C14H10FN3O2. The molecule has 0 amide bonds. The van der Waals surface area contributed by atoms with Crippen molar-refractivity contribution in [2.24, 2.45) is 7.05 Å². The molecular weight excluding hydrogens is 261 g/mol. The van der Waals surface area contributed by atoms with E-state index in [-0.39, 0.29) is 10.9 Å². The van der Waals surface area contributed by atoms with Crippen molar-refractivity contribution >= 4 is 16.9 Å². The highest BCUT2D eigenvalue weighted by Crippen LogP contribution is 2.25. The summed E-state index contributed by atoms with van der Waals surface area (Å²) in [5.41, 5.74) is 1.63. The molecule has 0 unspecified atom stereocenters. The predicted molar refractivity (Wildman–Crippen MR) is 70.9 cm³/mol. The number of fused-ring (bicyclic) bond motifs is 1. The Kier molecular flexibility index (Phi) is 2.71. The van der Waals surface area contributed by atoms with E-state index in [9.17, 15) is 14.3 Å². The molecule has 2 aromatic heterocycles. The Balaban J connectivity index is 2.34. The number of pyridine rings is 1. The van der Waals surface area contributed by atoms with Gasteiger partial charge in [0.15, 0.2) is 0 Å². The molecule has 0 spiro atoms. The lowest BCUT2D eigenvalue weighted by atomic mass is 10.1. The molecule has 20 heavy (non-hydrogen) atoms. The summed E-state index contributed by atoms with van der Waals surface area (Å²) in [6.45, 7) is 0. The molecule has 0 bridgehead atoms. The third kappa shape index (κ3) is 1.91. The number of carboxylic acid groups (broad SMARTS) is 1. The molecule has 1 aromatic carbocycles. The van der Waals surface area contributed by atoms with Crippen LogP contribution in [0.25, 0.3) is 22.3 Å². The summed E-state index contributed by atoms with van der Waals surface area (Å²) in [7, 11) is 1.74. The third-order valence-electron chi connectivity index (χ3n) is 3.08. The predicted octanol–water partition coefficient (Wildman–Crippen LogP) is 2.47. The Labute approximate surface area is 113 Å². The normalized spacial score (nSPS) is 10.9. The lowest BCUT2D eigenvalue weighted by molar-refractivity contribution is 0.0699. The molecule has 0 saturated carbocycles. The van der Waals surface area contributed by atoms with E-state index in [0.29, 0.717) is 16.9 Å². The van der Waals surface area contributed by atoms with Crippen molar-refractivity contribution < 1.29 is 14.3 Å². The zero-order valence-electron chi connectivity index (χ0n) is 10.5. The monoisotopic (exact) mass is 271 g/mol. The lowest BCUT2D eigenvalue weighted by Crippen LogP contribution is -2.02. The second-order valence-corrected chi connectivity index (χ2v) is 4.36. The smallest absolute Gasteiger partial charge is 0.336 e. The van der Waals surface area contributed by atoms with Crippen LogP contribution in [0.2, 0.25) is 0 Å². The Morgan fingerprint density at radius 1 is 1.30 bits per heavy atom. The molecule has 5 nitrogen and oxygen atoms in total. The maximum Gasteiger partial charge on any atom is 0.336 e. The molecule has 100 valence electrons. The number of aryl methyl sites for hydroxylation is 1. The largest absolute Gasteiger partial charge is 0.478 e. The molecule has 0 aliphatic rings. The lowest BCUT2D eigenvalue weighted by Gasteiger charge is -2.07. The van der Waals surface area contributed by atoms with Gasteiger partial charge in [0.2, 0.25) is 0 Å². The van der Waals surface area contributed by atoms with Crippen LogP contribution in [-0.4, -0.2) is 25.8 Å². The van der Waals surface area contributed by atoms with Crippen molar-refractivity contribution in [1.29, 1.82) is 0 Å². The molecule has 0 aliphatic carbocycles. The molecule has 0 aliphatic heterocycles. The molecule has 6 heteroatoms. The Morgan fingerprint density at radius 3 is 2.75 bits per heavy atom. The van der Waals surface area contributed by atoms with E-state index in [2.05, 4.69) is 10.1 Å². The van der Waals surface area contributed by atoms with Gasteiger partial charge in [-0.25, -0.2) is 14.2 Å². The summed E-state index contributed by atoms with van der Waals surface area (Å²) in [6.07, 6.45) is 1.60. The number of hydrogen-bond donors (Lipinski definition) is 1. The topological polar surface area (TPSA) is 68.0 Å². The highest BCUT2D eigenvalue weighted by Gasteiger charge is 2.15. The van der Waals surface area contributed by atoms with Gasteiger partial charge in [0.05, 0.1) is 22.5 Å². The number of aromatic carboxylic acids is 1. The van der Waals surface area contributed by atoms with Gasteiger partial charge in [-0.3, -0.25) is 4.68 Å². The zero-order chi connectivity index (χ0) is 14.3. The van der Waals surface area contributed by atoms with Gasteiger partial charge in [-0.1, -0.05) is 0 Å². The van der Waals surface area contributed by atoms with Crippen molar-refractivity contribution in [3.63, 3.8) is 0 Å². The Morgan fingerprint density at radius 2 is 2.10 bits per heavy atom. The summed E-state index contributed by atoms with van der Waals surface area (Å²) >= 11 is 0. The standard InChI is InChI=1S/C14H10FN3O2/c1-18-13(4-5-16-18)12-7-10(14(19)20)9-6-8(15)2-3-11(9)17-12/h2-7H,1H3,(H,19,20). The number of hydrogen-bond acceptors (Lipinski definition) is 3. The minimum atomic E-state index is -1.12. The van der Waals surface area contributed by atoms with Crippen LogP contribution >= 0.6 is 0 Å². The van der Waals surface area contributed by atoms with Crippen molar-refractivity contribution in [2.45, 2.75) is 0 Å². The van der Waals surface area contributed by atoms with Gasteiger partial charge in [-0.2, -0.15) is 5.10 Å². The Hall–Kier alpha value is -2.76. The third-order valence-corrected chi connectivity index (χ3v) is 3.08. The number of aromatic nitrogens is 3. The van der Waals surface area contributed by atoms with Crippen LogP contribution in [0, 0.1) is 5.82 Å². The quantitative estimate of drug-likeness (QED) is 0.777. The van der Waals surface area contributed by atoms with Crippen LogP contribution in [0.5, 0.6) is 0 Å². The molecule has 2 heterocycles. The number of rotatable bonds is 2. The summed E-state index contributed by atoms with van der Waals surface area (Å²) < 4.78 is 14.9. The van der Waals surface area contributed by atoms with Gasteiger partial charge in [0.1, 0.15) is 5.82 Å². The second kappa shape index (κ2) is 4.41. The van der Waals surface area contributed by atoms with Crippen LogP contribution < -0.4 is 0 Å². The van der Waals surface area contributed by atoms with Crippen molar-refractivity contribution in [3.05, 3.63) is 47.9 Å². The van der Waals surface area contributed by atoms with Crippen LogP contribution in [-0.2, 0) is 7.05 Å². The summed E-state index contributed by atoms with van der Waals surface area (Å²) in [5, 5.41) is 13.6. The minimum Gasteiger partial charge on any atom is -0.478 e. The molecule has 3 rings (SSSR count). The van der Waals surface area contributed by atoms with E-state index >= 15 is 0 Å². The van der Waals surface area contributed by atoms with Crippen LogP contribution in [0.1, 0.15) is 10.4 Å². The number of nitrogens with zero attached hydrogens (tertiary/aromatic N) is 3. The minimum absolute atomic E-state index is 0.0192. The summed E-state index contributed by atoms with van der Waals surface area (Å²) in [4.78, 5) is 15.7. The maximum absolute atomic E-state index is 13.3. The van der Waals surface area contributed by atoms with Crippen LogP contribution in [0.4, 0.5) is 4.39 Å². The van der Waals surface area contributed by atoms with Gasteiger partial charge < -0.3 is 5.11 Å². The Bertz CT molecular complexity index is 826. The molecule has 0 fully saturated rings. The molecule has 0 atom stereocenters. The first-order valence-corrected chi connectivity index (χ1v) is 5.88. The number of benzene rings is 1. The first-order chi connectivity index (χ1) is 9.56. The van der Waals surface area contributed by atoms with Crippen LogP contribution in [0.3, 0.4) is 0 Å². The fourth-order valence-electron chi connectivity index (χ4n) is 2.13.